The van der Waals surface area contributed by atoms with Crippen LogP contribution in [0, 0.1) is 55.4 Å². The number of hydrogen-bond acceptors (Lipinski definition) is 0. The SMILES string of the molecule is CC.CC.CC.Cc1cc(C)cc(C)c1.Cc1ccc(C)c(C)c1.Cc1cccc(C)c1. The lowest BCUT2D eigenvalue weighted by Gasteiger charge is -1.98. The average Bonchev–Trinajstić information content (AvgIpc) is 2.75. The summed E-state index contributed by atoms with van der Waals surface area (Å²) in [6.45, 7) is 29.0. The predicted molar refractivity (Wildman–Crippen MR) is 151 cm³/mol. The van der Waals surface area contributed by atoms with Crippen LogP contribution in [-0.4, -0.2) is 0 Å². The molecule has 0 atom stereocenters. The quantitative estimate of drug-likeness (QED) is 0.328. The van der Waals surface area contributed by atoms with E-state index >= 15 is 0 Å². The summed E-state index contributed by atoms with van der Waals surface area (Å²) >= 11 is 0. The lowest BCUT2D eigenvalue weighted by Crippen LogP contribution is -1.79. The van der Waals surface area contributed by atoms with Gasteiger partial charge in [0.25, 0.3) is 0 Å². The summed E-state index contributed by atoms with van der Waals surface area (Å²) in [5.74, 6) is 0. The average molecular weight is 437 g/mol. The minimum atomic E-state index is 1.34. The molecule has 3 aromatic rings. The van der Waals surface area contributed by atoms with Gasteiger partial charge in [-0.15, -0.1) is 0 Å². The van der Waals surface area contributed by atoms with Crippen molar-refractivity contribution in [2.75, 3.05) is 0 Å². The fraction of sp³-hybridized carbons (Fsp3) is 0.438. The van der Waals surface area contributed by atoms with E-state index in [9.17, 15) is 0 Å². The molecule has 0 N–H and O–H groups in total. The van der Waals surface area contributed by atoms with E-state index < -0.39 is 0 Å². The van der Waals surface area contributed by atoms with Crippen LogP contribution in [0.5, 0.6) is 0 Å². The summed E-state index contributed by atoms with van der Waals surface area (Å²) in [4.78, 5) is 0. The Hall–Kier alpha value is -2.34. The Morgan fingerprint density at radius 2 is 0.625 bits per heavy atom. The Morgan fingerprint density at radius 3 is 0.875 bits per heavy atom. The fourth-order valence-corrected chi connectivity index (χ4v) is 2.90. The third-order valence-corrected chi connectivity index (χ3v) is 4.20. The van der Waals surface area contributed by atoms with Crippen LogP contribution in [-0.2, 0) is 0 Å². The second-order valence-corrected chi connectivity index (χ2v) is 7.41. The molecule has 0 unspecified atom stereocenters. The molecule has 0 heteroatoms. The molecule has 0 radical (unpaired) electrons. The Labute approximate surface area is 202 Å². The standard InChI is InChI=1S/2C9H12.C8H10.3C2H6/c1-7-4-8(2)6-9(3)5-7;1-7-4-5-8(2)9(3)6-7;1-7-4-3-5-8(2)6-7;3*1-2/h2*4-6H,1-3H3;3-6H,1-2H3;3*1-2H3. The maximum atomic E-state index is 2.20. The Bertz CT molecular complexity index is 757. The molecule has 0 aliphatic rings. The molecule has 0 bridgehead atoms. The van der Waals surface area contributed by atoms with Gasteiger partial charge in [-0.3, -0.25) is 0 Å². The van der Waals surface area contributed by atoms with Crippen molar-refractivity contribution in [2.24, 2.45) is 0 Å². The van der Waals surface area contributed by atoms with E-state index in [4.69, 9.17) is 0 Å². The summed E-state index contributed by atoms with van der Waals surface area (Å²) in [6, 6.07) is 21.5. The number of benzene rings is 3. The van der Waals surface area contributed by atoms with E-state index in [1.165, 1.54) is 44.5 Å². The van der Waals surface area contributed by atoms with Crippen LogP contribution in [0.4, 0.5) is 0 Å². The van der Waals surface area contributed by atoms with Gasteiger partial charge in [0.05, 0.1) is 0 Å². The van der Waals surface area contributed by atoms with Gasteiger partial charge in [0.1, 0.15) is 0 Å². The third-order valence-electron chi connectivity index (χ3n) is 4.20. The third kappa shape index (κ3) is 18.4. The van der Waals surface area contributed by atoms with Crippen molar-refractivity contribution in [3.8, 4) is 0 Å². The van der Waals surface area contributed by atoms with Crippen molar-refractivity contribution in [3.05, 3.63) is 105 Å². The van der Waals surface area contributed by atoms with Gasteiger partial charge in [-0.2, -0.15) is 0 Å². The molecular weight excluding hydrogens is 384 g/mol. The Morgan fingerprint density at radius 1 is 0.312 bits per heavy atom. The normalized spacial score (nSPS) is 8.31. The first-order valence-corrected chi connectivity index (χ1v) is 12.3. The highest BCUT2D eigenvalue weighted by Gasteiger charge is 1.89. The summed E-state index contributed by atoms with van der Waals surface area (Å²) in [5, 5.41) is 0. The van der Waals surface area contributed by atoms with E-state index in [1.54, 1.807) is 0 Å². The van der Waals surface area contributed by atoms with E-state index in [1.807, 2.05) is 41.5 Å². The van der Waals surface area contributed by atoms with Crippen LogP contribution < -0.4 is 0 Å². The summed E-state index contributed by atoms with van der Waals surface area (Å²) in [7, 11) is 0. The summed E-state index contributed by atoms with van der Waals surface area (Å²) < 4.78 is 0. The van der Waals surface area contributed by atoms with Crippen LogP contribution in [0.15, 0.2) is 60.7 Å². The molecular formula is C32H52. The van der Waals surface area contributed by atoms with Crippen LogP contribution in [0.25, 0.3) is 0 Å². The molecule has 3 aromatic carbocycles. The maximum absolute atomic E-state index is 2.20. The molecule has 0 fully saturated rings. The van der Waals surface area contributed by atoms with Crippen molar-refractivity contribution in [2.45, 2.75) is 96.9 Å². The highest BCUT2D eigenvalue weighted by molar-refractivity contribution is 5.29. The van der Waals surface area contributed by atoms with Gasteiger partial charge < -0.3 is 0 Å². The first-order valence-electron chi connectivity index (χ1n) is 12.3. The monoisotopic (exact) mass is 436 g/mol. The van der Waals surface area contributed by atoms with Crippen molar-refractivity contribution in [1.29, 1.82) is 0 Å². The van der Waals surface area contributed by atoms with Gasteiger partial charge in [0.2, 0.25) is 0 Å². The highest BCUT2D eigenvalue weighted by atomic mass is 14.0. The van der Waals surface area contributed by atoms with Crippen LogP contribution in [0.3, 0.4) is 0 Å². The molecule has 180 valence electrons. The molecule has 0 aliphatic heterocycles. The molecule has 0 amide bonds. The second kappa shape index (κ2) is 21.9. The fourth-order valence-electron chi connectivity index (χ4n) is 2.90. The lowest BCUT2D eigenvalue weighted by molar-refractivity contribution is 1.30. The van der Waals surface area contributed by atoms with Crippen molar-refractivity contribution >= 4 is 0 Å². The smallest absolute Gasteiger partial charge is 0.0395 e. The van der Waals surface area contributed by atoms with E-state index in [-0.39, 0.29) is 0 Å². The zero-order valence-corrected chi connectivity index (χ0v) is 23.8. The van der Waals surface area contributed by atoms with Crippen molar-refractivity contribution in [3.63, 3.8) is 0 Å². The molecule has 0 aromatic heterocycles. The number of rotatable bonds is 0. The largest absolute Gasteiger partial charge is 0.0683 e. The molecule has 0 saturated heterocycles. The first-order chi connectivity index (χ1) is 15.2. The topological polar surface area (TPSA) is 0 Å². The van der Waals surface area contributed by atoms with Crippen LogP contribution in [0.2, 0.25) is 0 Å². The molecule has 0 spiro atoms. The van der Waals surface area contributed by atoms with Crippen LogP contribution >= 0.6 is 0 Å². The lowest BCUT2D eigenvalue weighted by atomic mass is 10.1. The van der Waals surface area contributed by atoms with Crippen molar-refractivity contribution in [1.82, 2.24) is 0 Å². The highest BCUT2D eigenvalue weighted by Crippen LogP contribution is 2.08. The number of aryl methyl sites for hydroxylation is 8. The second-order valence-electron chi connectivity index (χ2n) is 7.41. The van der Waals surface area contributed by atoms with E-state index in [0.717, 1.165) is 0 Å². The Balaban J connectivity index is -0.000000353. The number of hydrogen-bond donors (Lipinski definition) is 0. The molecule has 0 nitrogen and oxygen atoms in total. The van der Waals surface area contributed by atoms with Gasteiger partial charge in [-0.05, 0) is 66.5 Å². The molecule has 0 heterocycles. The summed E-state index contributed by atoms with van der Waals surface area (Å²) in [5.41, 5.74) is 10.8. The molecule has 3 rings (SSSR count). The minimum Gasteiger partial charge on any atom is -0.0683 e. The molecule has 0 saturated carbocycles. The van der Waals surface area contributed by atoms with Crippen LogP contribution in [0.1, 0.15) is 86.1 Å². The van der Waals surface area contributed by atoms with E-state index in [2.05, 4.69) is 116 Å². The zero-order valence-electron chi connectivity index (χ0n) is 23.8. The van der Waals surface area contributed by atoms with Gasteiger partial charge in [-0.1, -0.05) is 136 Å². The van der Waals surface area contributed by atoms with Gasteiger partial charge in [0, 0.05) is 0 Å². The molecule has 32 heavy (non-hydrogen) atoms. The summed E-state index contributed by atoms with van der Waals surface area (Å²) in [6.07, 6.45) is 0. The van der Waals surface area contributed by atoms with Gasteiger partial charge >= 0.3 is 0 Å². The molecule has 0 aliphatic carbocycles. The maximum Gasteiger partial charge on any atom is -0.0395 e. The van der Waals surface area contributed by atoms with Gasteiger partial charge in [0.15, 0.2) is 0 Å². The first kappa shape index (κ1) is 34.3. The minimum absolute atomic E-state index is 1.34. The van der Waals surface area contributed by atoms with E-state index in [0.29, 0.717) is 0 Å². The van der Waals surface area contributed by atoms with Gasteiger partial charge in [-0.25, -0.2) is 0 Å². The zero-order chi connectivity index (χ0) is 25.7. The predicted octanol–water partition coefficient (Wildman–Crippen LogP) is 10.6. The van der Waals surface area contributed by atoms with Crippen molar-refractivity contribution < 1.29 is 0 Å². The Kier molecular flexibility index (Phi) is 23.4.